The average molecular weight is 573 g/mol. The van der Waals surface area contributed by atoms with Crippen molar-refractivity contribution in [2.45, 2.75) is 46.8 Å². The van der Waals surface area contributed by atoms with Crippen molar-refractivity contribution in [1.29, 1.82) is 0 Å². The highest BCUT2D eigenvalue weighted by Gasteiger charge is 2.41. The van der Waals surface area contributed by atoms with Crippen LogP contribution in [0.25, 0.3) is 0 Å². The standard InChI is InChI=1S/C26H36O6S4/c1-18(27)33-12-22(13-34-19(2)28)10-26(11-23(14-35-20(3)29)15-36-21(4)30)16-31-25(32-17-26)24-8-6-5-7-9-24/h5-9,22-23,25H,10-17H2,1-4H3. The Hall–Kier alpha value is -0.780. The molecular formula is C26H36O6S4. The molecule has 10 heteroatoms. The summed E-state index contributed by atoms with van der Waals surface area (Å²) >= 11 is 5.12. The van der Waals surface area contributed by atoms with Gasteiger partial charge in [-0.05, 0) is 24.7 Å². The van der Waals surface area contributed by atoms with Gasteiger partial charge in [0.15, 0.2) is 26.8 Å². The van der Waals surface area contributed by atoms with Gasteiger partial charge < -0.3 is 9.47 Å². The van der Waals surface area contributed by atoms with Gasteiger partial charge in [-0.25, -0.2) is 0 Å². The molecule has 1 aliphatic heterocycles. The van der Waals surface area contributed by atoms with E-state index in [1.165, 1.54) is 47.0 Å². The van der Waals surface area contributed by atoms with E-state index in [1.807, 2.05) is 30.3 Å². The molecule has 1 heterocycles. The van der Waals surface area contributed by atoms with Crippen molar-refractivity contribution in [3.05, 3.63) is 35.9 Å². The normalized spacial score (nSPS) is 15.8. The van der Waals surface area contributed by atoms with Crippen molar-refractivity contribution in [2.24, 2.45) is 17.3 Å². The van der Waals surface area contributed by atoms with E-state index in [2.05, 4.69) is 0 Å². The van der Waals surface area contributed by atoms with Gasteiger partial charge in [0, 0.05) is 61.7 Å². The van der Waals surface area contributed by atoms with Gasteiger partial charge in [-0.2, -0.15) is 0 Å². The molecule has 1 aromatic carbocycles. The second kappa shape index (κ2) is 16.2. The third-order valence-electron chi connectivity index (χ3n) is 5.69. The third kappa shape index (κ3) is 12.2. The lowest BCUT2D eigenvalue weighted by Crippen LogP contribution is -2.43. The molecule has 1 aliphatic rings. The maximum atomic E-state index is 11.7. The molecule has 0 amide bonds. The molecule has 0 spiro atoms. The summed E-state index contributed by atoms with van der Waals surface area (Å²) in [5.74, 6) is 2.69. The fourth-order valence-corrected chi connectivity index (χ4v) is 7.34. The first-order valence-corrected chi connectivity index (χ1v) is 15.8. The van der Waals surface area contributed by atoms with Gasteiger partial charge in [-0.15, -0.1) is 0 Å². The van der Waals surface area contributed by atoms with E-state index in [0.717, 1.165) is 18.4 Å². The van der Waals surface area contributed by atoms with Crippen LogP contribution in [0.4, 0.5) is 0 Å². The zero-order valence-corrected chi connectivity index (χ0v) is 24.6. The lowest BCUT2D eigenvalue weighted by Gasteiger charge is -2.43. The molecule has 0 N–H and O–H groups in total. The molecular weight excluding hydrogens is 537 g/mol. The zero-order chi connectivity index (χ0) is 26.6. The largest absolute Gasteiger partial charge is 0.348 e. The van der Waals surface area contributed by atoms with Crippen LogP contribution < -0.4 is 0 Å². The molecule has 0 aromatic heterocycles. The van der Waals surface area contributed by atoms with Crippen LogP contribution in [-0.2, 0) is 28.7 Å². The van der Waals surface area contributed by atoms with Crippen LogP contribution in [0.3, 0.4) is 0 Å². The van der Waals surface area contributed by atoms with E-state index in [4.69, 9.17) is 9.47 Å². The Morgan fingerprint density at radius 3 is 1.42 bits per heavy atom. The second-order valence-corrected chi connectivity index (χ2v) is 14.0. The van der Waals surface area contributed by atoms with Crippen LogP contribution in [0.15, 0.2) is 30.3 Å². The molecule has 0 saturated carbocycles. The van der Waals surface area contributed by atoms with Crippen LogP contribution in [0.5, 0.6) is 0 Å². The number of rotatable bonds is 13. The molecule has 0 radical (unpaired) electrons. The lowest BCUT2D eigenvalue weighted by atomic mass is 9.74. The van der Waals surface area contributed by atoms with Crippen LogP contribution in [0.2, 0.25) is 0 Å². The van der Waals surface area contributed by atoms with E-state index in [9.17, 15) is 19.2 Å². The first-order valence-electron chi connectivity index (χ1n) is 11.9. The fourth-order valence-electron chi connectivity index (χ4n) is 4.21. The number of carbonyl (C=O) groups excluding carboxylic acids is 4. The summed E-state index contributed by atoms with van der Waals surface area (Å²) in [5.41, 5.74) is 0.599. The Kier molecular flexibility index (Phi) is 14.2. The molecule has 1 fully saturated rings. The lowest BCUT2D eigenvalue weighted by molar-refractivity contribution is -0.240. The van der Waals surface area contributed by atoms with Gasteiger partial charge in [0.2, 0.25) is 0 Å². The molecule has 0 atom stereocenters. The van der Waals surface area contributed by atoms with Crippen molar-refractivity contribution in [2.75, 3.05) is 36.2 Å². The van der Waals surface area contributed by atoms with E-state index in [1.54, 1.807) is 27.7 Å². The number of ether oxygens (including phenoxy) is 2. The third-order valence-corrected chi connectivity index (χ3v) is 9.86. The molecule has 0 bridgehead atoms. The Labute approximate surface area is 231 Å². The maximum absolute atomic E-state index is 11.7. The molecule has 0 unspecified atom stereocenters. The predicted octanol–water partition coefficient (Wildman–Crippen LogP) is 5.85. The van der Waals surface area contributed by atoms with Crippen molar-refractivity contribution in [3.63, 3.8) is 0 Å². The quantitative estimate of drug-likeness (QED) is 0.287. The summed E-state index contributed by atoms with van der Waals surface area (Å²) in [6, 6.07) is 9.80. The zero-order valence-electron chi connectivity index (χ0n) is 21.4. The molecule has 1 aromatic rings. The van der Waals surface area contributed by atoms with Gasteiger partial charge in [0.05, 0.1) is 13.2 Å². The van der Waals surface area contributed by atoms with Crippen molar-refractivity contribution < 1.29 is 28.7 Å². The minimum absolute atomic E-state index is 0.0516. The van der Waals surface area contributed by atoms with E-state index < -0.39 is 6.29 Å². The molecule has 1 saturated heterocycles. The van der Waals surface area contributed by atoms with Gasteiger partial charge in [-0.1, -0.05) is 77.4 Å². The number of hydrogen-bond acceptors (Lipinski definition) is 10. The Bertz CT molecular complexity index is 790. The summed E-state index contributed by atoms with van der Waals surface area (Å²) in [7, 11) is 0. The van der Waals surface area contributed by atoms with Gasteiger partial charge in [0.25, 0.3) is 0 Å². The molecule has 2 rings (SSSR count). The number of thioether (sulfide) groups is 4. The van der Waals surface area contributed by atoms with Crippen LogP contribution in [0, 0.1) is 17.3 Å². The van der Waals surface area contributed by atoms with Gasteiger partial charge in [-0.3, -0.25) is 19.2 Å². The Morgan fingerprint density at radius 1 is 0.722 bits per heavy atom. The highest BCUT2D eigenvalue weighted by molar-refractivity contribution is 8.14. The fraction of sp³-hybridized carbons (Fsp3) is 0.615. The molecule has 0 aliphatic carbocycles. The summed E-state index contributed by atoms with van der Waals surface area (Å²) in [5, 5.41) is 0.206. The highest BCUT2D eigenvalue weighted by atomic mass is 32.2. The van der Waals surface area contributed by atoms with E-state index >= 15 is 0 Å². The first-order chi connectivity index (χ1) is 17.1. The van der Waals surface area contributed by atoms with Gasteiger partial charge >= 0.3 is 0 Å². The van der Waals surface area contributed by atoms with Crippen molar-refractivity contribution in [1.82, 2.24) is 0 Å². The Morgan fingerprint density at radius 2 is 1.08 bits per heavy atom. The first kappa shape index (κ1) is 31.4. The molecule has 36 heavy (non-hydrogen) atoms. The number of benzene rings is 1. The SMILES string of the molecule is CC(=O)SCC(CSC(C)=O)CC1(CC(CSC(C)=O)CSC(C)=O)COC(c2ccccc2)OC1. The second-order valence-electron chi connectivity index (χ2n) is 9.22. The summed E-state index contributed by atoms with van der Waals surface area (Å²) in [6.45, 7) is 7.15. The minimum Gasteiger partial charge on any atom is -0.348 e. The van der Waals surface area contributed by atoms with Crippen molar-refractivity contribution in [3.8, 4) is 0 Å². The highest BCUT2D eigenvalue weighted by Crippen LogP contribution is 2.43. The van der Waals surface area contributed by atoms with Crippen molar-refractivity contribution >= 4 is 67.5 Å². The molecule has 200 valence electrons. The summed E-state index contributed by atoms with van der Waals surface area (Å²) in [4.78, 5) is 46.8. The van der Waals surface area contributed by atoms with Crippen LogP contribution in [0.1, 0.15) is 52.4 Å². The molecule has 6 nitrogen and oxygen atoms in total. The average Bonchev–Trinajstić information content (AvgIpc) is 2.83. The monoisotopic (exact) mass is 572 g/mol. The van der Waals surface area contributed by atoms with Crippen LogP contribution >= 0.6 is 47.0 Å². The number of hydrogen-bond donors (Lipinski definition) is 0. The maximum Gasteiger partial charge on any atom is 0.185 e. The Balaban J connectivity index is 2.25. The predicted molar refractivity (Wildman–Crippen MR) is 152 cm³/mol. The number of carbonyl (C=O) groups is 4. The van der Waals surface area contributed by atoms with Gasteiger partial charge in [0.1, 0.15) is 0 Å². The summed E-state index contributed by atoms with van der Waals surface area (Å²) < 4.78 is 12.5. The van der Waals surface area contributed by atoms with E-state index in [0.29, 0.717) is 36.2 Å². The summed E-state index contributed by atoms with van der Waals surface area (Å²) in [6.07, 6.45) is 0.995. The minimum atomic E-state index is -0.451. The topological polar surface area (TPSA) is 86.7 Å². The van der Waals surface area contributed by atoms with Crippen LogP contribution in [-0.4, -0.2) is 56.7 Å². The smallest absolute Gasteiger partial charge is 0.185 e. The van der Waals surface area contributed by atoms with E-state index in [-0.39, 0.29) is 37.7 Å².